The molecule has 1 N–H and O–H groups in total. The number of oxime groups is 1. The van der Waals surface area contributed by atoms with E-state index in [1.165, 1.54) is 6.21 Å². The lowest BCUT2D eigenvalue weighted by Crippen LogP contribution is -1.90. The molecule has 3 nitrogen and oxygen atoms in total. The van der Waals surface area contributed by atoms with E-state index in [4.69, 9.17) is 9.94 Å². The van der Waals surface area contributed by atoms with Crippen molar-refractivity contribution in [3.63, 3.8) is 0 Å². The monoisotopic (exact) mass is 213 g/mol. The Hall–Kier alpha value is -2.29. The maximum absolute atomic E-state index is 8.52. The van der Waals surface area contributed by atoms with Crippen LogP contribution in [0.4, 0.5) is 0 Å². The van der Waals surface area contributed by atoms with Gasteiger partial charge < -0.3 is 9.94 Å². The van der Waals surface area contributed by atoms with Crippen molar-refractivity contribution in [3.05, 3.63) is 60.2 Å². The van der Waals surface area contributed by atoms with Crippen LogP contribution in [0.5, 0.6) is 11.5 Å². The lowest BCUT2D eigenvalue weighted by Gasteiger charge is -2.07. The van der Waals surface area contributed by atoms with Crippen LogP contribution in [0, 0.1) is 0 Å². The third kappa shape index (κ3) is 2.39. The molecule has 0 amide bonds. The molecule has 0 radical (unpaired) electrons. The molecule has 0 fully saturated rings. The fraction of sp³-hybridized carbons (Fsp3) is 0. The van der Waals surface area contributed by atoms with Crippen LogP contribution >= 0.6 is 0 Å². The number of para-hydroxylation sites is 2. The summed E-state index contributed by atoms with van der Waals surface area (Å²) < 4.78 is 5.66. The van der Waals surface area contributed by atoms with Gasteiger partial charge in [0.05, 0.1) is 6.21 Å². The van der Waals surface area contributed by atoms with Crippen molar-refractivity contribution in [1.29, 1.82) is 0 Å². The van der Waals surface area contributed by atoms with E-state index in [0.717, 1.165) is 11.3 Å². The summed E-state index contributed by atoms with van der Waals surface area (Å²) in [4.78, 5) is 0. The van der Waals surface area contributed by atoms with Crippen LogP contribution in [0.15, 0.2) is 59.8 Å². The molecular formula is C13H11NO2. The zero-order valence-electron chi connectivity index (χ0n) is 8.58. The average Bonchev–Trinajstić information content (AvgIpc) is 2.33. The maximum atomic E-state index is 8.52. The molecule has 0 heterocycles. The van der Waals surface area contributed by atoms with Gasteiger partial charge in [0.25, 0.3) is 0 Å². The van der Waals surface area contributed by atoms with E-state index < -0.39 is 0 Å². The van der Waals surface area contributed by atoms with E-state index >= 15 is 0 Å². The molecule has 2 aromatic carbocycles. The third-order valence-electron chi connectivity index (χ3n) is 2.09. The van der Waals surface area contributed by atoms with Crippen LogP contribution in [0.25, 0.3) is 0 Å². The van der Waals surface area contributed by atoms with Crippen LogP contribution in [-0.4, -0.2) is 11.4 Å². The van der Waals surface area contributed by atoms with Crippen molar-refractivity contribution in [3.8, 4) is 11.5 Å². The number of benzene rings is 2. The van der Waals surface area contributed by atoms with E-state index in [-0.39, 0.29) is 0 Å². The van der Waals surface area contributed by atoms with Gasteiger partial charge in [0.15, 0.2) is 0 Å². The zero-order chi connectivity index (χ0) is 11.2. The molecule has 0 atom stereocenters. The molecule has 0 unspecified atom stereocenters. The molecule has 80 valence electrons. The molecule has 0 aliphatic heterocycles. The van der Waals surface area contributed by atoms with Crippen molar-refractivity contribution < 1.29 is 9.94 Å². The molecule has 2 aromatic rings. The first kappa shape index (κ1) is 10.2. The number of hydrogen-bond acceptors (Lipinski definition) is 3. The largest absolute Gasteiger partial charge is 0.457 e. The highest BCUT2D eigenvalue weighted by Gasteiger charge is 2.01. The molecule has 2 rings (SSSR count). The quantitative estimate of drug-likeness (QED) is 0.483. The van der Waals surface area contributed by atoms with Crippen molar-refractivity contribution in [1.82, 2.24) is 0 Å². The summed E-state index contributed by atoms with van der Waals surface area (Å²) in [6, 6.07) is 16.8. The second-order valence-electron chi connectivity index (χ2n) is 3.20. The molecule has 0 spiro atoms. The van der Waals surface area contributed by atoms with Crippen LogP contribution in [-0.2, 0) is 0 Å². The predicted molar refractivity (Wildman–Crippen MR) is 62.3 cm³/mol. The molecule has 0 saturated carbocycles. The van der Waals surface area contributed by atoms with Crippen molar-refractivity contribution in [2.45, 2.75) is 0 Å². The Morgan fingerprint density at radius 3 is 2.38 bits per heavy atom. The van der Waals surface area contributed by atoms with E-state index in [1.807, 2.05) is 54.6 Å². The standard InChI is InChI=1S/C13H11NO2/c15-14-10-11-6-4-5-9-13(11)16-12-7-2-1-3-8-12/h1-10,15H. The summed E-state index contributed by atoms with van der Waals surface area (Å²) in [5.41, 5.74) is 0.730. The third-order valence-corrected chi connectivity index (χ3v) is 2.09. The highest BCUT2D eigenvalue weighted by atomic mass is 16.5. The smallest absolute Gasteiger partial charge is 0.136 e. The van der Waals surface area contributed by atoms with Gasteiger partial charge in [-0.2, -0.15) is 0 Å². The minimum absolute atomic E-state index is 0.659. The van der Waals surface area contributed by atoms with E-state index in [1.54, 1.807) is 0 Å². The predicted octanol–water partition coefficient (Wildman–Crippen LogP) is 3.29. The highest BCUT2D eigenvalue weighted by Crippen LogP contribution is 2.23. The Bertz CT molecular complexity index is 480. The number of ether oxygens (including phenoxy) is 1. The fourth-order valence-electron chi connectivity index (χ4n) is 1.36. The topological polar surface area (TPSA) is 41.8 Å². The normalized spacial score (nSPS) is 10.5. The van der Waals surface area contributed by atoms with Gasteiger partial charge in [-0.05, 0) is 24.3 Å². The summed E-state index contributed by atoms with van der Waals surface area (Å²) in [7, 11) is 0. The Morgan fingerprint density at radius 1 is 0.938 bits per heavy atom. The summed E-state index contributed by atoms with van der Waals surface area (Å²) in [6.07, 6.45) is 1.35. The summed E-state index contributed by atoms with van der Waals surface area (Å²) in [6.45, 7) is 0. The first-order valence-electron chi connectivity index (χ1n) is 4.89. The summed E-state index contributed by atoms with van der Waals surface area (Å²) in [5, 5.41) is 11.5. The minimum Gasteiger partial charge on any atom is -0.457 e. The van der Waals surface area contributed by atoms with E-state index in [0.29, 0.717) is 5.75 Å². The number of nitrogens with zero attached hydrogens (tertiary/aromatic N) is 1. The molecule has 16 heavy (non-hydrogen) atoms. The van der Waals surface area contributed by atoms with Crippen molar-refractivity contribution in [2.24, 2.45) is 5.16 Å². The van der Waals surface area contributed by atoms with Gasteiger partial charge in [0, 0.05) is 5.56 Å². The van der Waals surface area contributed by atoms with Crippen molar-refractivity contribution in [2.75, 3.05) is 0 Å². The second-order valence-corrected chi connectivity index (χ2v) is 3.20. The molecule has 3 heteroatoms. The van der Waals surface area contributed by atoms with Crippen molar-refractivity contribution >= 4 is 6.21 Å². The van der Waals surface area contributed by atoms with Crippen LogP contribution < -0.4 is 4.74 Å². The van der Waals surface area contributed by atoms with E-state index in [2.05, 4.69) is 5.16 Å². The van der Waals surface area contributed by atoms with Gasteiger partial charge in [0.1, 0.15) is 11.5 Å². The van der Waals surface area contributed by atoms with Gasteiger partial charge in [-0.1, -0.05) is 35.5 Å². The molecule has 0 aliphatic rings. The summed E-state index contributed by atoms with van der Waals surface area (Å²) >= 11 is 0. The Kier molecular flexibility index (Phi) is 3.18. The highest BCUT2D eigenvalue weighted by molar-refractivity contribution is 5.83. The lowest BCUT2D eigenvalue weighted by atomic mass is 10.2. The average molecular weight is 213 g/mol. The Morgan fingerprint density at radius 2 is 1.62 bits per heavy atom. The molecule has 0 saturated heterocycles. The van der Waals surface area contributed by atoms with Gasteiger partial charge >= 0.3 is 0 Å². The lowest BCUT2D eigenvalue weighted by molar-refractivity contribution is 0.321. The van der Waals surface area contributed by atoms with E-state index in [9.17, 15) is 0 Å². The molecule has 0 aliphatic carbocycles. The molecule has 0 aromatic heterocycles. The first-order valence-corrected chi connectivity index (χ1v) is 4.89. The minimum atomic E-state index is 0.659. The van der Waals surface area contributed by atoms with Crippen LogP contribution in [0.2, 0.25) is 0 Å². The van der Waals surface area contributed by atoms with Gasteiger partial charge in [0.2, 0.25) is 0 Å². The number of rotatable bonds is 3. The molecular weight excluding hydrogens is 202 g/mol. The Labute approximate surface area is 93.6 Å². The SMILES string of the molecule is ON=Cc1ccccc1Oc1ccccc1. The zero-order valence-corrected chi connectivity index (χ0v) is 8.58. The van der Waals surface area contributed by atoms with Gasteiger partial charge in [-0.3, -0.25) is 0 Å². The molecule has 0 bridgehead atoms. The fourth-order valence-corrected chi connectivity index (χ4v) is 1.36. The Balaban J connectivity index is 2.28. The first-order chi connectivity index (χ1) is 7.90. The van der Waals surface area contributed by atoms with Crippen LogP contribution in [0.1, 0.15) is 5.56 Å². The van der Waals surface area contributed by atoms with Crippen LogP contribution in [0.3, 0.4) is 0 Å². The van der Waals surface area contributed by atoms with Gasteiger partial charge in [-0.15, -0.1) is 0 Å². The van der Waals surface area contributed by atoms with Gasteiger partial charge in [-0.25, -0.2) is 0 Å². The summed E-state index contributed by atoms with van der Waals surface area (Å²) in [5.74, 6) is 1.41. The number of hydrogen-bond donors (Lipinski definition) is 1. The maximum Gasteiger partial charge on any atom is 0.136 e. The second kappa shape index (κ2) is 4.98.